The molecule has 198 valence electrons. The van der Waals surface area contributed by atoms with Crippen LogP contribution in [0.25, 0.3) is 22.0 Å². The van der Waals surface area contributed by atoms with Crippen LogP contribution >= 0.6 is 0 Å². The SMILES string of the molecule is CCOC(=O)N(C)C[C@@H]1OCc2ccccc2-c2c(n(C)c3ccccc23)C(=O)N([C@@H](C)CO)C[C@@H]1C. The molecule has 0 radical (unpaired) electrons. The molecule has 8 nitrogen and oxygen atoms in total. The van der Waals surface area contributed by atoms with Gasteiger partial charge in [0.2, 0.25) is 0 Å². The standard InChI is InChI=1S/C29H37N3O5/c1-6-36-29(35)30(4)16-25-19(2)15-32(20(3)17-33)28(34)27-26(22-12-8-7-11-21(22)18-37-25)23-13-9-10-14-24(23)31(27)5/h7-14,19-20,25,33H,6,15-18H2,1-5H3/t19-,20-,25-/m0/s1. The molecule has 0 saturated heterocycles. The van der Waals surface area contributed by atoms with Crippen LogP contribution in [0.15, 0.2) is 48.5 Å². The van der Waals surface area contributed by atoms with E-state index in [0.717, 1.165) is 27.6 Å². The van der Waals surface area contributed by atoms with Crippen molar-refractivity contribution in [1.29, 1.82) is 0 Å². The normalized spacial score (nSPS) is 19.1. The van der Waals surface area contributed by atoms with Gasteiger partial charge in [-0.05, 0) is 31.0 Å². The molecular formula is C29H37N3O5. The van der Waals surface area contributed by atoms with Crippen molar-refractivity contribution in [3.8, 4) is 11.1 Å². The Kier molecular flexibility index (Phi) is 8.19. The van der Waals surface area contributed by atoms with Crippen molar-refractivity contribution in [3.05, 3.63) is 59.8 Å². The first-order valence-corrected chi connectivity index (χ1v) is 12.8. The number of likely N-dealkylation sites (N-methyl/N-ethyl adjacent to an activating group) is 1. The van der Waals surface area contributed by atoms with Crippen molar-refractivity contribution in [3.63, 3.8) is 0 Å². The highest BCUT2D eigenvalue weighted by molar-refractivity contribution is 6.10. The minimum absolute atomic E-state index is 0.127. The molecule has 0 bridgehead atoms. The van der Waals surface area contributed by atoms with Crippen LogP contribution in [-0.4, -0.2) is 77.0 Å². The Balaban J connectivity index is 1.87. The number of nitrogens with zero attached hydrogens (tertiary/aromatic N) is 3. The van der Waals surface area contributed by atoms with Crippen molar-refractivity contribution < 1.29 is 24.2 Å². The van der Waals surface area contributed by atoms with Crippen molar-refractivity contribution >= 4 is 22.9 Å². The fraction of sp³-hybridized carbons (Fsp3) is 0.448. The highest BCUT2D eigenvalue weighted by Crippen LogP contribution is 2.38. The quantitative estimate of drug-likeness (QED) is 0.557. The van der Waals surface area contributed by atoms with E-state index in [0.29, 0.717) is 32.0 Å². The van der Waals surface area contributed by atoms with Gasteiger partial charge in [-0.25, -0.2) is 4.79 Å². The van der Waals surface area contributed by atoms with Gasteiger partial charge in [-0.15, -0.1) is 0 Å². The molecule has 0 fully saturated rings. The maximum atomic E-state index is 14.3. The molecule has 37 heavy (non-hydrogen) atoms. The Morgan fingerprint density at radius 1 is 1.22 bits per heavy atom. The van der Waals surface area contributed by atoms with Crippen LogP contribution in [0.1, 0.15) is 36.8 Å². The predicted molar refractivity (Wildman–Crippen MR) is 143 cm³/mol. The average molecular weight is 508 g/mol. The summed E-state index contributed by atoms with van der Waals surface area (Å²) in [6.45, 7) is 6.76. The Labute approximate surface area is 218 Å². The van der Waals surface area contributed by atoms with Crippen molar-refractivity contribution in [2.24, 2.45) is 13.0 Å². The molecule has 1 aliphatic rings. The maximum absolute atomic E-state index is 14.3. The number of carbonyl (C=O) groups excluding carboxylic acids is 2. The summed E-state index contributed by atoms with van der Waals surface area (Å²) in [6, 6.07) is 15.6. The van der Waals surface area contributed by atoms with Crippen LogP contribution in [0.3, 0.4) is 0 Å². The van der Waals surface area contributed by atoms with Crippen LogP contribution < -0.4 is 0 Å². The van der Waals surface area contributed by atoms with Gasteiger partial charge in [0.15, 0.2) is 0 Å². The van der Waals surface area contributed by atoms with E-state index in [-0.39, 0.29) is 24.5 Å². The number of hydrogen-bond acceptors (Lipinski definition) is 5. The summed E-state index contributed by atoms with van der Waals surface area (Å²) in [5.74, 6) is -0.269. The second kappa shape index (κ2) is 11.4. The van der Waals surface area contributed by atoms with Gasteiger partial charge < -0.3 is 28.9 Å². The molecule has 1 aromatic heterocycles. The molecule has 3 aromatic rings. The van der Waals surface area contributed by atoms with Crippen LogP contribution in [0.4, 0.5) is 4.79 Å². The van der Waals surface area contributed by atoms with E-state index in [1.165, 1.54) is 4.90 Å². The van der Waals surface area contributed by atoms with Crippen molar-refractivity contribution in [2.45, 2.75) is 39.5 Å². The topological polar surface area (TPSA) is 84.2 Å². The van der Waals surface area contributed by atoms with E-state index in [1.807, 2.05) is 74.0 Å². The zero-order valence-corrected chi connectivity index (χ0v) is 22.3. The Morgan fingerprint density at radius 2 is 1.92 bits per heavy atom. The summed E-state index contributed by atoms with van der Waals surface area (Å²) < 4.78 is 13.6. The average Bonchev–Trinajstić information content (AvgIpc) is 3.20. The van der Waals surface area contributed by atoms with Gasteiger partial charge in [0, 0.05) is 43.0 Å². The summed E-state index contributed by atoms with van der Waals surface area (Å²) >= 11 is 0. The fourth-order valence-electron chi connectivity index (χ4n) is 5.10. The molecule has 0 saturated carbocycles. The number of rotatable bonds is 5. The minimum atomic E-state index is -0.413. The van der Waals surface area contributed by atoms with Crippen molar-refractivity contribution in [2.75, 3.05) is 33.4 Å². The summed E-state index contributed by atoms with van der Waals surface area (Å²) in [5.41, 5.74) is 4.32. The minimum Gasteiger partial charge on any atom is -0.450 e. The summed E-state index contributed by atoms with van der Waals surface area (Å²) in [4.78, 5) is 29.9. The van der Waals surface area contributed by atoms with Crippen molar-refractivity contribution in [1.82, 2.24) is 14.4 Å². The number of aromatic nitrogens is 1. The number of benzene rings is 2. The molecule has 2 heterocycles. The molecular weight excluding hydrogens is 470 g/mol. The Hall–Kier alpha value is -3.36. The fourth-order valence-corrected chi connectivity index (χ4v) is 5.10. The zero-order chi connectivity index (χ0) is 26.7. The largest absolute Gasteiger partial charge is 0.450 e. The molecule has 0 aliphatic carbocycles. The highest BCUT2D eigenvalue weighted by atomic mass is 16.6. The molecule has 0 spiro atoms. The third-order valence-corrected chi connectivity index (χ3v) is 7.26. The number of carbonyl (C=O) groups is 2. The summed E-state index contributed by atoms with van der Waals surface area (Å²) in [6.07, 6.45) is -0.773. The van der Waals surface area contributed by atoms with E-state index in [2.05, 4.69) is 0 Å². The lowest BCUT2D eigenvalue weighted by atomic mass is 9.96. The Bertz CT molecular complexity index is 1270. The lowest BCUT2D eigenvalue weighted by molar-refractivity contribution is -0.0228. The molecule has 1 aliphatic heterocycles. The number of amides is 2. The van der Waals surface area contributed by atoms with Gasteiger partial charge in [0.25, 0.3) is 5.91 Å². The predicted octanol–water partition coefficient (Wildman–Crippen LogP) is 4.29. The molecule has 2 aromatic carbocycles. The Morgan fingerprint density at radius 3 is 2.65 bits per heavy atom. The number of aliphatic hydroxyl groups excluding tert-OH is 1. The first-order valence-electron chi connectivity index (χ1n) is 12.8. The van der Waals surface area contributed by atoms with Gasteiger partial charge in [-0.2, -0.15) is 0 Å². The van der Waals surface area contributed by atoms with Crippen LogP contribution in [0, 0.1) is 5.92 Å². The number of aliphatic hydroxyl groups is 1. The molecule has 2 amide bonds. The number of hydrogen-bond donors (Lipinski definition) is 1. The molecule has 3 atom stereocenters. The van der Waals surface area contributed by atoms with E-state index in [9.17, 15) is 14.7 Å². The van der Waals surface area contributed by atoms with E-state index in [1.54, 1.807) is 18.9 Å². The zero-order valence-electron chi connectivity index (χ0n) is 22.3. The smallest absolute Gasteiger partial charge is 0.409 e. The van der Waals surface area contributed by atoms with E-state index >= 15 is 0 Å². The third kappa shape index (κ3) is 5.22. The first kappa shape index (κ1) is 26.7. The number of fused-ring (bicyclic) bond motifs is 5. The lowest BCUT2D eigenvalue weighted by Crippen LogP contribution is -2.48. The van der Waals surface area contributed by atoms with Gasteiger partial charge in [-0.1, -0.05) is 49.4 Å². The molecule has 0 unspecified atom stereocenters. The van der Waals surface area contributed by atoms with Crippen LogP contribution in [-0.2, 0) is 23.1 Å². The van der Waals surface area contributed by atoms with Gasteiger partial charge in [0.1, 0.15) is 5.69 Å². The number of aryl methyl sites for hydroxylation is 1. The molecule has 8 heteroatoms. The third-order valence-electron chi connectivity index (χ3n) is 7.26. The van der Waals surface area contributed by atoms with E-state index in [4.69, 9.17) is 9.47 Å². The number of para-hydroxylation sites is 1. The molecule has 1 N–H and O–H groups in total. The molecule has 4 rings (SSSR count). The maximum Gasteiger partial charge on any atom is 0.409 e. The summed E-state index contributed by atoms with van der Waals surface area (Å²) in [7, 11) is 3.61. The van der Waals surface area contributed by atoms with Gasteiger partial charge in [0.05, 0.1) is 38.5 Å². The lowest BCUT2D eigenvalue weighted by Gasteiger charge is -2.34. The number of ether oxygens (including phenoxy) is 2. The van der Waals surface area contributed by atoms with Crippen LogP contribution in [0.2, 0.25) is 0 Å². The van der Waals surface area contributed by atoms with Gasteiger partial charge in [-0.3, -0.25) is 4.79 Å². The monoisotopic (exact) mass is 507 g/mol. The summed E-state index contributed by atoms with van der Waals surface area (Å²) in [5, 5.41) is 11.1. The van der Waals surface area contributed by atoms with E-state index < -0.39 is 12.1 Å². The van der Waals surface area contributed by atoms with Gasteiger partial charge >= 0.3 is 6.09 Å². The second-order valence-electron chi connectivity index (χ2n) is 9.85. The second-order valence-corrected chi connectivity index (χ2v) is 9.85. The highest BCUT2D eigenvalue weighted by Gasteiger charge is 2.34. The van der Waals surface area contributed by atoms with Crippen LogP contribution in [0.5, 0.6) is 0 Å². The first-order chi connectivity index (χ1) is 17.8.